The molecule has 1 aliphatic rings. The first-order chi connectivity index (χ1) is 5.70. The topological polar surface area (TPSA) is 38.9 Å². The maximum atomic E-state index is 5.96. The molecule has 2 N–H and O–H groups in total. The molecule has 1 aromatic heterocycles. The molecule has 1 fully saturated rings. The Hall–Kier alpha value is -0.600. The molecule has 0 aliphatic heterocycles. The smallest absolute Gasteiger partial charge is 0.132 e. The minimum absolute atomic E-state index is 0.0205. The largest absolute Gasteiger partial charge is 0.325 e. The first-order valence-electron chi connectivity index (χ1n) is 4.08. The summed E-state index contributed by atoms with van der Waals surface area (Å²) in [6.45, 7) is 0. The van der Waals surface area contributed by atoms with E-state index in [0.717, 1.165) is 24.8 Å². The van der Waals surface area contributed by atoms with Crippen LogP contribution in [0.2, 0.25) is 5.15 Å². The second-order valence-corrected chi connectivity index (χ2v) is 3.85. The van der Waals surface area contributed by atoms with E-state index in [4.69, 9.17) is 17.3 Å². The molecular weight excluding hydrogens is 172 g/mol. The van der Waals surface area contributed by atoms with Crippen LogP contribution < -0.4 is 5.73 Å². The van der Waals surface area contributed by atoms with Crippen LogP contribution in [0.3, 0.4) is 0 Å². The zero-order chi connectivity index (χ0) is 8.60. The van der Waals surface area contributed by atoms with Crippen molar-refractivity contribution >= 4 is 11.6 Å². The van der Waals surface area contributed by atoms with Crippen molar-refractivity contribution in [1.29, 1.82) is 0 Å². The lowest BCUT2D eigenvalue weighted by Crippen LogP contribution is -2.24. The van der Waals surface area contributed by atoms with Crippen LogP contribution in [-0.4, -0.2) is 10.5 Å². The number of nitrogens with two attached hydrogens (primary N) is 1. The predicted molar refractivity (Wildman–Crippen MR) is 49.1 cm³/mol. The van der Waals surface area contributed by atoms with Crippen LogP contribution in [0.15, 0.2) is 18.3 Å². The molecule has 0 unspecified atom stereocenters. The van der Waals surface area contributed by atoms with Crippen molar-refractivity contribution in [3.8, 4) is 0 Å². The van der Waals surface area contributed by atoms with Gasteiger partial charge in [0.05, 0.1) is 0 Å². The average molecular weight is 183 g/mol. The van der Waals surface area contributed by atoms with E-state index in [1.807, 2.05) is 12.1 Å². The van der Waals surface area contributed by atoms with E-state index in [9.17, 15) is 0 Å². The van der Waals surface area contributed by atoms with Gasteiger partial charge in [0, 0.05) is 11.7 Å². The van der Waals surface area contributed by atoms with Gasteiger partial charge < -0.3 is 5.73 Å². The van der Waals surface area contributed by atoms with Crippen LogP contribution in [0.25, 0.3) is 0 Å². The zero-order valence-corrected chi connectivity index (χ0v) is 7.51. The van der Waals surface area contributed by atoms with Crippen LogP contribution in [0.5, 0.6) is 0 Å². The van der Waals surface area contributed by atoms with Crippen molar-refractivity contribution in [3.05, 3.63) is 29.0 Å². The summed E-state index contributed by atoms with van der Waals surface area (Å²) in [6, 6.07) is 3.88. The Morgan fingerprint density at radius 2 is 2.33 bits per heavy atom. The quantitative estimate of drug-likeness (QED) is 0.709. The molecule has 0 aromatic carbocycles. The molecule has 0 atom stereocenters. The number of hydrogen-bond donors (Lipinski definition) is 1. The fourth-order valence-electron chi connectivity index (χ4n) is 1.27. The zero-order valence-electron chi connectivity index (χ0n) is 6.76. The minimum atomic E-state index is 0.0205. The summed E-state index contributed by atoms with van der Waals surface area (Å²) in [4.78, 5) is 4.00. The molecule has 0 saturated heterocycles. The number of pyridine rings is 1. The Morgan fingerprint density at radius 3 is 2.92 bits per heavy atom. The summed E-state index contributed by atoms with van der Waals surface area (Å²) >= 11 is 5.89. The molecule has 1 saturated carbocycles. The molecule has 64 valence electrons. The summed E-state index contributed by atoms with van der Waals surface area (Å²) < 4.78 is 0. The van der Waals surface area contributed by atoms with Gasteiger partial charge in [-0.05, 0) is 30.9 Å². The summed E-state index contributed by atoms with van der Waals surface area (Å²) in [5.41, 5.74) is 7.05. The van der Waals surface area contributed by atoms with Crippen LogP contribution in [0.4, 0.5) is 0 Å². The lowest BCUT2D eigenvalue weighted by molar-refractivity contribution is 0.670. The van der Waals surface area contributed by atoms with Gasteiger partial charge in [0.15, 0.2) is 0 Å². The maximum Gasteiger partial charge on any atom is 0.132 e. The van der Waals surface area contributed by atoms with Crippen LogP contribution in [0, 0.1) is 0 Å². The van der Waals surface area contributed by atoms with Gasteiger partial charge in [-0.3, -0.25) is 0 Å². The van der Waals surface area contributed by atoms with Gasteiger partial charge in [-0.1, -0.05) is 17.7 Å². The summed E-state index contributed by atoms with van der Waals surface area (Å²) in [7, 11) is 0. The monoisotopic (exact) mass is 182 g/mol. The van der Waals surface area contributed by atoms with Gasteiger partial charge in [0.2, 0.25) is 0 Å². The average Bonchev–Trinajstić information content (AvgIpc) is 2.74. The highest BCUT2D eigenvalue weighted by Gasteiger charge is 2.38. The minimum Gasteiger partial charge on any atom is -0.325 e. The number of nitrogens with zero attached hydrogens (tertiary/aromatic N) is 1. The maximum absolute atomic E-state index is 5.96. The van der Waals surface area contributed by atoms with E-state index < -0.39 is 0 Å². The summed E-state index contributed by atoms with van der Waals surface area (Å²) in [6.07, 6.45) is 4.78. The van der Waals surface area contributed by atoms with Crippen LogP contribution in [-0.2, 0) is 6.42 Å². The van der Waals surface area contributed by atoms with Crippen molar-refractivity contribution in [1.82, 2.24) is 4.98 Å². The molecule has 0 amide bonds. The van der Waals surface area contributed by atoms with Crippen LogP contribution >= 0.6 is 11.6 Å². The lowest BCUT2D eigenvalue weighted by Gasteiger charge is -2.08. The molecule has 1 heterocycles. The number of hydrogen-bond acceptors (Lipinski definition) is 2. The Bertz CT molecular complexity index is 294. The van der Waals surface area contributed by atoms with Crippen molar-refractivity contribution in [2.45, 2.75) is 24.8 Å². The molecule has 0 spiro atoms. The van der Waals surface area contributed by atoms with Gasteiger partial charge >= 0.3 is 0 Å². The molecule has 1 aliphatic carbocycles. The summed E-state index contributed by atoms with van der Waals surface area (Å²) in [5.74, 6) is 0. The predicted octanol–water partition coefficient (Wildman–Crippen LogP) is 1.77. The standard InChI is InChI=1S/C9H11ClN2/c10-8-7(2-1-5-12-8)6-9(11)3-4-9/h1-2,5H,3-4,6,11H2. The van der Waals surface area contributed by atoms with Crippen molar-refractivity contribution in [2.75, 3.05) is 0 Å². The second-order valence-electron chi connectivity index (χ2n) is 3.49. The fraction of sp³-hybridized carbons (Fsp3) is 0.444. The first-order valence-corrected chi connectivity index (χ1v) is 4.46. The molecule has 2 rings (SSSR count). The number of rotatable bonds is 2. The number of halogens is 1. The molecular formula is C9H11ClN2. The molecule has 0 bridgehead atoms. The third-order valence-corrected chi connectivity index (χ3v) is 2.61. The third kappa shape index (κ3) is 1.59. The van der Waals surface area contributed by atoms with Crippen molar-refractivity contribution in [2.24, 2.45) is 5.73 Å². The third-order valence-electron chi connectivity index (χ3n) is 2.27. The van der Waals surface area contributed by atoms with E-state index >= 15 is 0 Å². The van der Waals surface area contributed by atoms with Gasteiger partial charge in [-0.15, -0.1) is 0 Å². The molecule has 2 nitrogen and oxygen atoms in total. The second kappa shape index (κ2) is 2.71. The van der Waals surface area contributed by atoms with Crippen molar-refractivity contribution < 1.29 is 0 Å². The van der Waals surface area contributed by atoms with Crippen LogP contribution in [0.1, 0.15) is 18.4 Å². The highest BCUT2D eigenvalue weighted by Crippen LogP contribution is 2.36. The van der Waals surface area contributed by atoms with Crippen molar-refractivity contribution in [3.63, 3.8) is 0 Å². The van der Waals surface area contributed by atoms with E-state index in [1.165, 1.54) is 0 Å². The van der Waals surface area contributed by atoms with Gasteiger partial charge in [0.1, 0.15) is 5.15 Å². The van der Waals surface area contributed by atoms with E-state index in [2.05, 4.69) is 4.98 Å². The first kappa shape index (κ1) is 8.02. The van der Waals surface area contributed by atoms with E-state index in [-0.39, 0.29) is 5.54 Å². The Morgan fingerprint density at radius 1 is 1.58 bits per heavy atom. The molecule has 1 aromatic rings. The van der Waals surface area contributed by atoms with Gasteiger partial charge in [-0.25, -0.2) is 4.98 Å². The fourth-order valence-corrected chi connectivity index (χ4v) is 1.45. The lowest BCUT2D eigenvalue weighted by atomic mass is 10.1. The van der Waals surface area contributed by atoms with Gasteiger partial charge in [0.25, 0.3) is 0 Å². The van der Waals surface area contributed by atoms with Gasteiger partial charge in [-0.2, -0.15) is 0 Å². The Labute approximate surface area is 76.7 Å². The highest BCUT2D eigenvalue weighted by atomic mass is 35.5. The normalized spacial score (nSPS) is 19.2. The van der Waals surface area contributed by atoms with E-state index in [0.29, 0.717) is 5.15 Å². The molecule has 0 radical (unpaired) electrons. The Kier molecular flexibility index (Phi) is 1.81. The number of aromatic nitrogens is 1. The highest BCUT2D eigenvalue weighted by molar-refractivity contribution is 6.30. The van der Waals surface area contributed by atoms with E-state index in [1.54, 1.807) is 6.20 Å². The summed E-state index contributed by atoms with van der Waals surface area (Å²) in [5, 5.41) is 0.592. The molecule has 12 heavy (non-hydrogen) atoms. The Balaban J connectivity index is 2.17. The molecule has 3 heteroatoms. The SMILES string of the molecule is NC1(Cc2cccnc2Cl)CC1.